The number of rotatable bonds is 8. The first-order valence-corrected chi connectivity index (χ1v) is 10.9. The molecule has 0 heterocycles. The second-order valence-electron chi connectivity index (χ2n) is 7.03. The molecule has 160 valence electrons. The van der Waals surface area contributed by atoms with Crippen LogP contribution < -0.4 is 14.9 Å². The Morgan fingerprint density at radius 3 is 2.59 bits per heavy atom. The van der Waals surface area contributed by atoms with Crippen LogP contribution in [0.4, 0.5) is 0 Å². The molecular formula is C26H21BrN2O3. The lowest BCUT2D eigenvalue weighted by Crippen LogP contribution is -2.24. The van der Waals surface area contributed by atoms with Crippen molar-refractivity contribution in [3.8, 4) is 11.5 Å². The van der Waals surface area contributed by atoms with Crippen LogP contribution in [0, 0.1) is 0 Å². The van der Waals surface area contributed by atoms with Gasteiger partial charge in [-0.25, -0.2) is 5.43 Å². The molecule has 0 aliphatic heterocycles. The number of halogens is 1. The maximum atomic E-state index is 12.1. The number of hydrogen-bond donors (Lipinski definition) is 1. The van der Waals surface area contributed by atoms with Gasteiger partial charge < -0.3 is 9.47 Å². The molecule has 32 heavy (non-hydrogen) atoms. The molecule has 1 N–H and O–H groups in total. The molecule has 5 nitrogen and oxygen atoms in total. The Hall–Kier alpha value is -3.64. The van der Waals surface area contributed by atoms with Gasteiger partial charge in [0, 0.05) is 0 Å². The molecule has 0 fully saturated rings. The molecule has 0 atom stereocenters. The van der Waals surface area contributed by atoms with E-state index >= 15 is 0 Å². The predicted molar refractivity (Wildman–Crippen MR) is 130 cm³/mol. The van der Waals surface area contributed by atoms with E-state index in [-0.39, 0.29) is 12.5 Å². The minimum absolute atomic E-state index is 0.144. The number of nitrogens with zero attached hydrogens (tertiary/aromatic N) is 1. The third-order valence-electron chi connectivity index (χ3n) is 4.70. The summed E-state index contributed by atoms with van der Waals surface area (Å²) >= 11 is 3.55. The molecule has 4 rings (SSSR count). The third kappa shape index (κ3) is 5.74. The number of ether oxygens (including phenoxy) is 2. The van der Waals surface area contributed by atoms with Crippen molar-refractivity contribution in [1.82, 2.24) is 5.43 Å². The van der Waals surface area contributed by atoms with Gasteiger partial charge >= 0.3 is 0 Å². The molecule has 0 aliphatic carbocycles. The Balaban J connectivity index is 1.28. The Kier molecular flexibility index (Phi) is 7.15. The highest BCUT2D eigenvalue weighted by molar-refractivity contribution is 9.10. The SMILES string of the molecule is O=C(COc1ccc2ccccc2c1Br)N/N=C\c1cccc(OCc2ccccc2)c1. The molecule has 0 bridgehead atoms. The van der Waals surface area contributed by atoms with Crippen LogP contribution in [0.25, 0.3) is 10.8 Å². The molecule has 0 saturated heterocycles. The Labute approximate surface area is 194 Å². The number of hydrogen-bond acceptors (Lipinski definition) is 4. The number of amides is 1. The normalized spacial score (nSPS) is 10.9. The van der Waals surface area contributed by atoms with Crippen LogP contribution >= 0.6 is 15.9 Å². The summed E-state index contributed by atoms with van der Waals surface area (Å²) in [5, 5.41) is 6.13. The quantitative estimate of drug-likeness (QED) is 0.255. The minimum atomic E-state index is -0.349. The van der Waals surface area contributed by atoms with Gasteiger partial charge in [-0.3, -0.25) is 4.79 Å². The van der Waals surface area contributed by atoms with E-state index in [1.54, 1.807) is 6.21 Å². The highest BCUT2D eigenvalue weighted by atomic mass is 79.9. The van der Waals surface area contributed by atoms with Crippen molar-refractivity contribution in [2.75, 3.05) is 6.61 Å². The fourth-order valence-corrected chi connectivity index (χ4v) is 3.71. The molecule has 0 aromatic heterocycles. The van der Waals surface area contributed by atoms with Crippen molar-refractivity contribution in [2.24, 2.45) is 5.10 Å². The molecule has 0 unspecified atom stereocenters. The number of carbonyl (C=O) groups is 1. The van der Waals surface area contributed by atoms with Crippen molar-refractivity contribution < 1.29 is 14.3 Å². The molecule has 6 heteroatoms. The zero-order valence-corrected chi connectivity index (χ0v) is 18.8. The summed E-state index contributed by atoms with van der Waals surface area (Å²) in [7, 11) is 0. The summed E-state index contributed by atoms with van der Waals surface area (Å²) in [6.07, 6.45) is 1.57. The lowest BCUT2D eigenvalue weighted by molar-refractivity contribution is -0.123. The zero-order chi connectivity index (χ0) is 22.2. The van der Waals surface area contributed by atoms with E-state index < -0.39 is 0 Å². The van der Waals surface area contributed by atoms with E-state index in [4.69, 9.17) is 9.47 Å². The standard InChI is InChI=1S/C26H21BrN2O3/c27-26-23-12-5-4-10-21(23)13-14-24(26)32-18-25(30)29-28-16-20-9-6-11-22(15-20)31-17-19-7-2-1-3-8-19/h1-16H,17-18H2,(H,29,30)/b28-16-. The topological polar surface area (TPSA) is 59.9 Å². The van der Waals surface area contributed by atoms with E-state index in [0.717, 1.165) is 32.1 Å². The van der Waals surface area contributed by atoms with Gasteiger partial charge in [-0.05, 0) is 56.0 Å². The summed E-state index contributed by atoms with van der Waals surface area (Å²) in [6.45, 7) is 0.342. The predicted octanol–water partition coefficient (Wildman–Crippen LogP) is 5.71. The van der Waals surface area contributed by atoms with Crippen LogP contribution in [0.15, 0.2) is 101 Å². The van der Waals surface area contributed by atoms with Crippen LogP contribution in [0.2, 0.25) is 0 Å². The van der Waals surface area contributed by atoms with E-state index in [0.29, 0.717) is 12.4 Å². The van der Waals surface area contributed by atoms with Crippen LogP contribution in [-0.4, -0.2) is 18.7 Å². The average Bonchev–Trinajstić information content (AvgIpc) is 2.83. The first-order valence-electron chi connectivity index (χ1n) is 10.1. The van der Waals surface area contributed by atoms with E-state index in [1.165, 1.54) is 0 Å². The first-order chi connectivity index (χ1) is 15.7. The second kappa shape index (κ2) is 10.6. The lowest BCUT2D eigenvalue weighted by atomic mass is 10.1. The number of nitrogens with one attached hydrogen (secondary N) is 1. The summed E-state index contributed by atoms with van der Waals surface area (Å²) in [6, 6.07) is 29.2. The zero-order valence-electron chi connectivity index (χ0n) is 17.2. The van der Waals surface area contributed by atoms with E-state index in [2.05, 4.69) is 26.5 Å². The monoisotopic (exact) mass is 488 g/mol. The van der Waals surface area contributed by atoms with E-state index in [9.17, 15) is 4.79 Å². The van der Waals surface area contributed by atoms with Gasteiger partial charge in [0.15, 0.2) is 6.61 Å². The molecule has 0 saturated carbocycles. The van der Waals surface area contributed by atoms with Gasteiger partial charge in [-0.1, -0.05) is 72.8 Å². The molecule has 4 aromatic carbocycles. The Morgan fingerprint density at radius 1 is 0.906 bits per heavy atom. The maximum absolute atomic E-state index is 12.1. The maximum Gasteiger partial charge on any atom is 0.277 e. The smallest absolute Gasteiger partial charge is 0.277 e. The lowest BCUT2D eigenvalue weighted by Gasteiger charge is -2.09. The molecule has 4 aromatic rings. The Morgan fingerprint density at radius 2 is 1.72 bits per heavy atom. The molecule has 0 radical (unpaired) electrons. The van der Waals surface area contributed by atoms with E-state index in [1.807, 2.05) is 91.0 Å². The number of hydrazone groups is 1. The molecule has 0 aliphatic rings. The number of carbonyl (C=O) groups excluding carboxylic acids is 1. The summed E-state index contributed by atoms with van der Waals surface area (Å²) in [5.74, 6) is 0.984. The van der Waals surface area contributed by atoms with Gasteiger partial charge in [-0.2, -0.15) is 5.10 Å². The van der Waals surface area contributed by atoms with Crippen molar-refractivity contribution in [1.29, 1.82) is 0 Å². The van der Waals surface area contributed by atoms with Crippen molar-refractivity contribution in [3.05, 3.63) is 107 Å². The van der Waals surface area contributed by atoms with Crippen molar-refractivity contribution >= 4 is 38.8 Å². The number of benzene rings is 4. The average molecular weight is 489 g/mol. The second-order valence-corrected chi connectivity index (χ2v) is 7.82. The highest BCUT2D eigenvalue weighted by Gasteiger charge is 2.08. The largest absolute Gasteiger partial charge is 0.489 e. The summed E-state index contributed by atoms with van der Waals surface area (Å²) in [4.78, 5) is 12.1. The Bertz CT molecular complexity index is 1240. The van der Waals surface area contributed by atoms with Crippen molar-refractivity contribution in [2.45, 2.75) is 6.61 Å². The molecule has 0 spiro atoms. The molecule has 1 amide bonds. The fraction of sp³-hybridized carbons (Fsp3) is 0.0769. The van der Waals surface area contributed by atoms with Crippen molar-refractivity contribution in [3.63, 3.8) is 0 Å². The van der Waals surface area contributed by atoms with Crippen LogP contribution in [0.3, 0.4) is 0 Å². The molecular weight excluding hydrogens is 468 g/mol. The van der Waals surface area contributed by atoms with Crippen LogP contribution in [0.1, 0.15) is 11.1 Å². The third-order valence-corrected chi connectivity index (χ3v) is 5.51. The van der Waals surface area contributed by atoms with Gasteiger partial charge in [0.1, 0.15) is 18.1 Å². The summed E-state index contributed by atoms with van der Waals surface area (Å²) in [5.41, 5.74) is 4.39. The van der Waals surface area contributed by atoms with Crippen LogP contribution in [0.5, 0.6) is 11.5 Å². The van der Waals surface area contributed by atoms with Crippen LogP contribution in [-0.2, 0) is 11.4 Å². The fourth-order valence-electron chi connectivity index (χ4n) is 3.10. The highest BCUT2D eigenvalue weighted by Crippen LogP contribution is 2.32. The van der Waals surface area contributed by atoms with Gasteiger partial charge in [-0.15, -0.1) is 0 Å². The number of fused-ring (bicyclic) bond motifs is 1. The minimum Gasteiger partial charge on any atom is -0.489 e. The van der Waals surface area contributed by atoms with Gasteiger partial charge in [0.05, 0.1) is 10.7 Å². The summed E-state index contributed by atoms with van der Waals surface area (Å²) < 4.78 is 12.3. The van der Waals surface area contributed by atoms with Gasteiger partial charge in [0.2, 0.25) is 0 Å². The first kappa shape index (κ1) is 21.6. The van der Waals surface area contributed by atoms with Gasteiger partial charge in [0.25, 0.3) is 5.91 Å².